The van der Waals surface area contributed by atoms with E-state index in [0.717, 1.165) is 4.48 Å². The van der Waals surface area contributed by atoms with Gasteiger partial charge in [0.1, 0.15) is 0 Å². The Bertz CT molecular complexity index is 155. The predicted molar refractivity (Wildman–Crippen MR) is 74.4 cm³/mol. The Labute approximate surface area is 103 Å². The molecule has 0 fully saturated rings. The first-order valence-electron chi connectivity index (χ1n) is 7.24. The van der Waals surface area contributed by atoms with Crippen LogP contribution in [0.15, 0.2) is 12.8 Å². The minimum Gasteiger partial charge on any atom is -0.298 e. The number of nitrogens with zero attached hydrogens (tertiary/aromatic N) is 1. The molecule has 0 N–H and O–H groups in total. The minimum atomic E-state index is 1.15. The summed E-state index contributed by atoms with van der Waals surface area (Å²) in [7, 11) is 0. The van der Waals surface area contributed by atoms with Crippen LogP contribution in [-0.2, 0) is 0 Å². The van der Waals surface area contributed by atoms with Crippen LogP contribution in [0.2, 0.25) is 0 Å². The Balaban J connectivity index is 4.21. The standard InChI is InChI=1S/C15H32N/c1-5-9-12-15-16(8-4,13-10-6-2)14-11-7-3/h8H,4-7,9-15H2,1-3H3/q+1. The van der Waals surface area contributed by atoms with Crippen LogP contribution in [0.3, 0.4) is 0 Å². The van der Waals surface area contributed by atoms with E-state index >= 15 is 0 Å². The molecule has 0 saturated heterocycles. The van der Waals surface area contributed by atoms with Crippen LogP contribution < -0.4 is 0 Å². The zero-order valence-electron chi connectivity index (χ0n) is 11.8. The van der Waals surface area contributed by atoms with Crippen molar-refractivity contribution >= 4 is 0 Å². The van der Waals surface area contributed by atoms with Gasteiger partial charge in [0, 0.05) is 0 Å². The van der Waals surface area contributed by atoms with Gasteiger partial charge >= 0.3 is 0 Å². The number of hydrogen-bond acceptors (Lipinski definition) is 0. The molecule has 96 valence electrons. The molecule has 0 aromatic carbocycles. The van der Waals surface area contributed by atoms with E-state index < -0.39 is 0 Å². The molecule has 0 aromatic rings. The van der Waals surface area contributed by atoms with Crippen molar-refractivity contribution in [2.24, 2.45) is 0 Å². The zero-order chi connectivity index (χ0) is 12.3. The molecule has 1 nitrogen and oxygen atoms in total. The highest BCUT2D eigenvalue weighted by Crippen LogP contribution is 2.15. The second-order valence-corrected chi connectivity index (χ2v) is 4.99. The van der Waals surface area contributed by atoms with E-state index in [1.165, 1.54) is 64.6 Å². The van der Waals surface area contributed by atoms with Crippen molar-refractivity contribution < 1.29 is 4.48 Å². The first-order valence-corrected chi connectivity index (χ1v) is 7.24. The summed E-state index contributed by atoms with van der Waals surface area (Å²) in [5, 5.41) is 0. The largest absolute Gasteiger partial charge is 0.298 e. The fourth-order valence-corrected chi connectivity index (χ4v) is 2.23. The molecule has 0 amide bonds. The fourth-order valence-electron chi connectivity index (χ4n) is 2.23. The van der Waals surface area contributed by atoms with Crippen LogP contribution >= 0.6 is 0 Å². The van der Waals surface area contributed by atoms with E-state index in [9.17, 15) is 0 Å². The van der Waals surface area contributed by atoms with E-state index in [-0.39, 0.29) is 0 Å². The van der Waals surface area contributed by atoms with Crippen LogP contribution in [0.25, 0.3) is 0 Å². The first-order chi connectivity index (χ1) is 7.74. The monoisotopic (exact) mass is 226 g/mol. The van der Waals surface area contributed by atoms with Gasteiger partial charge in [-0.15, -0.1) is 0 Å². The maximum Gasteiger partial charge on any atom is 0.0885 e. The summed E-state index contributed by atoms with van der Waals surface area (Å²) in [6.45, 7) is 14.8. The van der Waals surface area contributed by atoms with Gasteiger partial charge in [0.2, 0.25) is 0 Å². The average Bonchev–Trinajstić information content (AvgIpc) is 2.32. The molecule has 0 heterocycles. The van der Waals surface area contributed by atoms with Crippen molar-refractivity contribution in [2.75, 3.05) is 19.6 Å². The molecule has 0 aromatic heterocycles. The third-order valence-electron chi connectivity index (χ3n) is 3.51. The lowest BCUT2D eigenvalue weighted by Crippen LogP contribution is -2.44. The van der Waals surface area contributed by atoms with Crippen molar-refractivity contribution in [2.45, 2.75) is 65.7 Å². The van der Waals surface area contributed by atoms with Crippen LogP contribution in [0.1, 0.15) is 65.7 Å². The van der Waals surface area contributed by atoms with Crippen molar-refractivity contribution in [1.29, 1.82) is 0 Å². The highest BCUT2D eigenvalue weighted by molar-refractivity contribution is 4.59. The molecular formula is C15H32N+. The fraction of sp³-hybridized carbons (Fsp3) is 0.867. The number of hydrogen-bond donors (Lipinski definition) is 0. The summed E-state index contributed by atoms with van der Waals surface area (Å²) in [5.74, 6) is 0. The molecular weight excluding hydrogens is 194 g/mol. The SMILES string of the molecule is C=C[N+](CCCC)(CCCC)CCCCC. The van der Waals surface area contributed by atoms with E-state index in [1.54, 1.807) is 0 Å². The Morgan fingerprint density at radius 3 is 1.56 bits per heavy atom. The molecule has 16 heavy (non-hydrogen) atoms. The number of rotatable bonds is 11. The van der Waals surface area contributed by atoms with Gasteiger partial charge in [0.25, 0.3) is 0 Å². The van der Waals surface area contributed by atoms with Gasteiger partial charge in [-0.25, -0.2) is 0 Å². The summed E-state index contributed by atoms with van der Waals surface area (Å²) in [6.07, 6.45) is 11.5. The Morgan fingerprint density at radius 1 is 0.750 bits per heavy atom. The lowest BCUT2D eigenvalue weighted by Gasteiger charge is -2.35. The van der Waals surface area contributed by atoms with Gasteiger partial charge in [0.05, 0.1) is 25.8 Å². The molecule has 0 saturated carbocycles. The molecule has 0 aliphatic carbocycles. The third-order valence-corrected chi connectivity index (χ3v) is 3.51. The average molecular weight is 226 g/mol. The lowest BCUT2D eigenvalue weighted by atomic mass is 10.1. The molecule has 0 unspecified atom stereocenters. The van der Waals surface area contributed by atoms with Crippen LogP contribution in [0.5, 0.6) is 0 Å². The molecule has 1 heteroatoms. The van der Waals surface area contributed by atoms with Crippen molar-refractivity contribution in [3.8, 4) is 0 Å². The Morgan fingerprint density at radius 2 is 1.19 bits per heavy atom. The van der Waals surface area contributed by atoms with E-state index in [2.05, 4.69) is 33.6 Å². The quantitative estimate of drug-likeness (QED) is 0.353. The van der Waals surface area contributed by atoms with E-state index in [1.807, 2.05) is 0 Å². The topological polar surface area (TPSA) is 0 Å². The summed E-state index contributed by atoms with van der Waals surface area (Å²) in [4.78, 5) is 0. The van der Waals surface area contributed by atoms with Gasteiger partial charge < -0.3 is 0 Å². The smallest absolute Gasteiger partial charge is 0.0885 e. The van der Waals surface area contributed by atoms with Crippen molar-refractivity contribution in [3.05, 3.63) is 12.8 Å². The maximum atomic E-state index is 4.09. The maximum absolute atomic E-state index is 4.09. The number of quaternary nitrogens is 1. The second-order valence-electron chi connectivity index (χ2n) is 4.99. The minimum absolute atomic E-state index is 1.15. The van der Waals surface area contributed by atoms with Gasteiger partial charge in [-0.2, -0.15) is 0 Å². The molecule has 0 radical (unpaired) electrons. The predicted octanol–water partition coefficient (Wildman–Crippen LogP) is 4.74. The van der Waals surface area contributed by atoms with E-state index in [4.69, 9.17) is 0 Å². The summed E-state index contributed by atoms with van der Waals surface area (Å²) in [5.41, 5.74) is 0. The van der Waals surface area contributed by atoms with Crippen LogP contribution in [-0.4, -0.2) is 24.1 Å². The summed E-state index contributed by atoms with van der Waals surface area (Å²) < 4.78 is 1.15. The lowest BCUT2D eigenvalue weighted by molar-refractivity contribution is -0.880. The van der Waals surface area contributed by atoms with E-state index in [0.29, 0.717) is 0 Å². The first kappa shape index (κ1) is 15.7. The summed E-state index contributed by atoms with van der Waals surface area (Å²) in [6, 6.07) is 0. The Kier molecular flexibility index (Phi) is 9.71. The van der Waals surface area contributed by atoms with Gasteiger partial charge in [-0.3, -0.25) is 4.48 Å². The van der Waals surface area contributed by atoms with Gasteiger partial charge in [-0.05, 0) is 32.3 Å². The van der Waals surface area contributed by atoms with Crippen LogP contribution in [0, 0.1) is 0 Å². The van der Waals surface area contributed by atoms with Crippen molar-refractivity contribution in [3.63, 3.8) is 0 Å². The molecule has 0 rings (SSSR count). The second kappa shape index (κ2) is 9.89. The highest BCUT2D eigenvalue weighted by atomic mass is 15.3. The normalized spacial score (nSPS) is 11.7. The molecule has 0 aliphatic rings. The molecule has 0 aliphatic heterocycles. The van der Waals surface area contributed by atoms with Crippen LogP contribution in [0.4, 0.5) is 0 Å². The highest BCUT2D eigenvalue weighted by Gasteiger charge is 2.21. The Hall–Kier alpha value is -0.300. The summed E-state index contributed by atoms with van der Waals surface area (Å²) >= 11 is 0. The number of unbranched alkanes of at least 4 members (excludes halogenated alkanes) is 4. The zero-order valence-corrected chi connectivity index (χ0v) is 11.8. The van der Waals surface area contributed by atoms with Crippen molar-refractivity contribution in [1.82, 2.24) is 0 Å². The van der Waals surface area contributed by atoms with Gasteiger partial charge in [0.15, 0.2) is 0 Å². The molecule has 0 spiro atoms. The van der Waals surface area contributed by atoms with Gasteiger partial charge in [-0.1, -0.05) is 40.0 Å². The molecule has 0 bridgehead atoms. The third kappa shape index (κ3) is 6.32. The molecule has 0 atom stereocenters.